The molecule has 142 valence electrons. The van der Waals surface area contributed by atoms with Gasteiger partial charge in [-0.3, -0.25) is 0 Å². The summed E-state index contributed by atoms with van der Waals surface area (Å²) in [5, 5.41) is 0. The predicted molar refractivity (Wildman–Crippen MR) is 93.9 cm³/mol. The molecule has 0 amide bonds. The SMILES string of the molecule is CCN(CC)S(=O)(=O)N1CCN(S(=O)(=O)N2CCC[C@@H](C)C2)CC1. The van der Waals surface area contributed by atoms with Gasteiger partial charge in [0.05, 0.1) is 0 Å². The molecule has 2 aliphatic heterocycles. The highest BCUT2D eigenvalue weighted by atomic mass is 32.2. The Morgan fingerprint density at radius 3 is 1.92 bits per heavy atom. The Hall–Kier alpha value is -0.260. The lowest BCUT2D eigenvalue weighted by Gasteiger charge is -2.39. The van der Waals surface area contributed by atoms with E-state index < -0.39 is 20.4 Å². The van der Waals surface area contributed by atoms with Crippen LogP contribution >= 0.6 is 0 Å². The zero-order valence-electron chi connectivity index (χ0n) is 14.9. The summed E-state index contributed by atoms with van der Waals surface area (Å²) in [5.41, 5.74) is 0. The lowest BCUT2D eigenvalue weighted by Crippen LogP contribution is -2.57. The highest BCUT2D eigenvalue weighted by Crippen LogP contribution is 2.22. The van der Waals surface area contributed by atoms with Crippen LogP contribution in [-0.2, 0) is 20.4 Å². The average molecular weight is 383 g/mol. The topological polar surface area (TPSA) is 81.2 Å². The van der Waals surface area contributed by atoms with E-state index in [0.29, 0.717) is 32.1 Å². The van der Waals surface area contributed by atoms with E-state index in [1.165, 1.54) is 12.9 Å². The minimum absolute atomic E-state index is 0.210. The Kier molecular flexibility index (Phi) is 6.65. The molecule has 0 radical (unpaired) electrons. The fourth-order valence-corrected chi connectivity index (χ4v) is 6.72. The molecule has 0 aliphatic carbocycles. The van der Waals surface area contributed by atoms with Gasteiger partial charge in [-0.15, -0.1) is 0 Å². The van der Waals surface area contributed by atoms with Crippen LogP contribution in [0.4, 0.5) is 0 Å². The molecule has 0 aromatic heterocycles. The van der Waals surface area contributed by atoms with Crippen molar-refractivity contribution in [2.24, 2.45) is 5.92 Å². The molecule has 2 heterocycles. The second-order valence-corrected chi connectivity index (χ2v) is 10.4. The first-order valence-electron chi connectivity index (χ1n) is 8.73. The van der Waals surface area contributed by atoms with Crippen molar-refractivity contribution >= 4 is 20.4 Å². The van der Waals surface area contributed by atoms with E-state index in [0.717, 1.165) is 12.8 Å². The summed E-state index contributed by atoms with van der Waals surface area (Å²) in [6.45, 7) is 8.48. The van der Waals surface area contributed by atoms with Gasteiger partial charge in [-0.2, -0.15) is 34.1 Å². The van der Waals surface area contributed by atoms with Crippen molar-refractivity contribution in [3.05, 3.63) is 0 Å². The summed E-state index contributed by atoms with van der Waals surface area (Å²) in [7, 11) is -6.98. The third-order valence-corrected chi connectivity index (χ3v) is 9.02. The molecular formula is C14H30N4O4S2. The Morgan fingerprint density at radius 2 is 1.42 bits per heavy atom. The average Bonchev–Trinajstić information content (AvgIpc) is 2.56. The standard InChI is InChI=1S/C14H30N4O4S2/c1-4-15(5-2)23(19,20)16-9-11-17(12-10-16)24(21,22)18-8-6-7-14(3)13-18/h14H,4-13H2,1-3H3/t14-/m1/s1. The van der Waals surface area contributed by atoms with Gasteiger partial charge < -0.3 is 0 Å². The number of rotatable bonds is 6. The maximum absolute atomic E-state index is 12.8. The Balaban J connectivity index is 2.02. The number of nitrogens with zero attached hydrogens (tertiary/aromatic N) is 4. The van der Waals surface area contributed by atoms with Gasteiger partial charge in [0.15, 0.2) is 0 Å². The molecule has 2 fully saturated rings. The largest absolute Gasteiger partial charge is 0.282 e. The van der Waals surface area contributed by atoms with E-state index in [1.54, 1.807) is 18.2 Å². The van der Waals surface area contributed by atoms with Crippen molar-refractivity contribution in [2.45, 2.75) is 33.6 Å². The van der Waals surface area contributed by atoms with Gasteiger partial charge in [0, 0.05) is 52.4 Å². The molecule has 0 spiro atoms. The summed E-state index contributed by atoms with van der Waals surface area (Å²) < 4.78 is 56.4. The lowest BCUT2D eigenvalue weighted by atomic mass is 10.0. The van der Waals surface area contributed by atoms with Crippen LogP contribution in [-0.4, -0.2) is 86.4 Å². The van der Waals surface area contributed by atoms with Gasteiger partial charge in [-0.1, -0.05) is 20.8 Å². The van der Waals surface area contributed by atoms with Crippen LogP contribution in [0.5, 0.6) is 0 Å². The molecule has 10 heteroatoms. The van der Waals surface area contributed by atoms with Crippen LogP contribution in [0.3, 0.4) is 0 Å². The van der Waals surface area contributed by atoms with Crippen LogP contribution in [0.1, 0.15) is 33.6 Å². The molecular weight excluding hydrogens is 352 g/mol. The Labute approximate surface area is 146 Å². The Morgan fingerprint density at radius 1 is 0.875 bits per heavy atom. The van der Waals surface area contributed by atoms with Crippen LogP contribution in [0, 0.1) is 5.92 Å². The fraction of sp³-hybridized carbons (Fsp3) is 1.00. The van der Waals surface area contributed by atoms with E-state index in [1.807, 2.05) is 0 Å². The summed E-state index contributed by atoms with van der Waals surface area (Å²) in [6.07, 6.45) is 1.94. The van der Waals surface area contributed by atoms with Gasteiger partial charge in [-0.25, -0.2) is 0 Å². The molecule has 1 atom stereocenters. The van der Waals surface area contributed by atoms with Crippen molar-refractivity contribution in [1.29, 1.82) is 0 Å². The second-order valence-electron chi connectivity index (χ2n) is 6.50. The maximum atomic E-state index is 12.8. The highest BCUT2D eigenvalue weighted by Gasteiger charge is 2.37. The van der Waals surface area contributed by atoms with Gasteiger partial charge >= 0.3 is 0 Å². The first-order valence-corrected chi connectivity index (χ1v) is 11.5. The van der Waals surface area contributed by atoms with E-state index in [9.17, 15) is 16.8 Å². The Bertz CT molecular complexity index is 611. The molecule has 2 saturated heterocycles. The summed E-state index contributed by atoms with van der Waals surface area (Å²) in [4.78, 5) is 0. The van der Waals surface area contributed by atoms with Crippen molar-refractivity contribution in [1.82, 2.24) is 17.2 Å². The van der Waals surface area contributed by atoms with Crippen LogP contribution in [0.2, 0.25) is 0 Å². The molecule has 2 rings (SSSR count). The molecule has 0 bridgehead atoms. The fourth-order valence-electron chi connectivity index (χ4n) is 3.36. The van der Waals surface area contributed by atoms with Crippen molar-refractivity contribution in [2.75, 3.05) is 52.4 Å². The molecule has 8 nitrogen and oxygen atoms in total. The third-order valence-electron chi connectivity index (χ3n) is 4.83. The van der Waals surface area contributed by atoms with Crippen molar-refractivity contribution < 1.29 is 16.8 Å². The lowest BCUT2D eigenvalue weighted by molar-refractivity contribution is 0.222. The van der Waals surface area contributed by atoms with Crippen molar-refractivity contribution in [3.8, 4) is 0 Å². The molecule has 24 heavy (non-hydrogen) atoms. The monoisotopic (exact) mass is 382 g/mol. The number of piperidine rings is 1. The quantitative estimate of drug-likeness (QED) is 0.656. The van der Waals surface area contributed by atoms with Crippen molar-refractivity contribution in [3.63, 3.8) is 0 Å². The van der Waals surface area contributed by atoms with Gasteiger partial charge in [0.25, 0.3) is 20.4 Å². The zero-order chi connectivity index (χ0) is 18.0. The molecule has 0 saturated carbocycles. The zero-order valence-corrected chi connectivity index (χ0v) is 16.5. The first-order chi connectivity index (χ1) is 11.2. The molecule has 0 unspecified atom stereocenters. The maximum Gasteiger partial charge on any atom is 0.282 e. The second kappa shape index (κ2) is 7.96. The minimum atomic E-state index is -3.50. The predicted octanol–water partition coefficient (Wildman–Crippen LogP) is 0.167. The van der Waals surface area contributed by atoms with E-state index >= 15 is 0 Å². The first kappa shape index (κ1) is 20.1. The smallest absolute Gasteiger partial charge is 0.195 e. The number of hydrogen-bond acceptors (Lipinski definition) is 4. The van der Waals surface area contributed by atoms with E-state index in [2.05, 4.69) is 6.92 Å². The molecule has 0 N–H and O–H groups in total. The number of piperazine rings is 1. The van der Waals surface area contributed by atoms with Crippen LogP contribution in [0.25, 0.3) is 0 Å². The minimum Gasteiger partial charge on any atom is -0.195 e. The van der Waals surface area contributed by atoms with Gasteiger partial charge in [0.1, 0.15) is 0 Å². The third kappa shape index (κ3) is 4.10. The molecule has 2 aliphatic rings. The number of hydrogen-bond donors (Lipinski definition) is 0. The summed E-state index contributed by atoms with van der Waals surface area (Å²) in [6, 6.07) is 0. The summed E-state index contributed by atoms with van der Waals surface area (Å²) in [5.74, 6) is 0.373. The molecule has 0 aromatic carbocycles. The highest BCUT2D eigenvalue weighted by molar-refractivity contribution is 7.87. The van der Waals surface area contributed by atoms with Crippen LogP contribution in [0.15, 0.2) is 0 Å². The normalized spacial score (nSPS) is 26.1. The van der Waals surface area contributed by atoms with Gasteiger partial charge in [-0.05, 0) is 18.8 Å². The molecule has 0 aromatic rings. The van der Waals surface area contributed by atoms with Gasteiger partial charge in [0.2, 0.25) is 0 Å². The summed E-state index contributed by atoms with van der Waals surface area (Å²) >= 11 is 0. The van der Waals surface area contributed by atoms with Crippen LogP contribution < -0.4 is 0 Å². The van der Waals surface area contributed by atoms with E-state index in [-0.39, 0.29) is 26.2 Å². The van der Waals surface area contributed by atoms with E-state index in [4.69, 9.17) is 0 Å².